The van der Waals surface area contributed by atoms with Gasteiger partial charge in [0.2, 0.25) is 0 Å². The van der Waals surface area contributed by atoms with E-state index in [4.69, 9.17) is 9.44 Å². The maximum absolute atomic E-state index is 12.6. The number of carbonyl (C=O) groups is 1. The lowest BCUT2D eigenvalue weighted by Crippen LogP contribution is -2.09. The van der Waals surface area contributed by atoms with Crippen LogP contribution in [0, 0.1) is 11.3 Å². The van der Waals surface area contributed by atoms with Gasteiger partial charge in [0.25, 0.3) is 0 Å². The molecule has 0 saturated heterocycles. The van der Waals surface area contributed by atoms with Crippen LogP contribution in [0.2, 0.25) is 0 Å². The SMILES string of the molecule is COC(=O)/C(C#N)=C/c1cccc(OS(=O)(=O)c2ccc3ccccc3c2)c1. The zero-order valence-electron chi connectivity index (χ0n) is 14.8. The van der Waals surface area contributed by atoms with Crippen molar-refractivity contribution in [2.75, 3.05) is 7.11 Å². The molecule has 3 aromatic rings. The van der Waals surface area contributed by atoms with Crippen molar-refractivity contribution in [3.8, 4) is 11.8 Å². The summed E-state index contributed by atoms with van der Waals surface area (Å²) in [5.41, 5.74) is 0.213. The van der Waals surface area contributed by atoms with Crippen molar-refractivity contribution in [1.29, 1.82) is 5.26 Å². The molecular weight excluding hydrogens is 378 g/mol. The van der Waals surface area contributed by atoms with Crippen LogP contribution in [-0.4, -0.2) is 21.5 Å². The van der Waals surface area contributed by atoms with Gasteiger partial charge in [-0.3, -0.25) is 0 Å². The first kappa shape index (κ1) is 19.1. The van der Waals surface area contributed by atoms with Crippen molar-refractivity contribution in [2.45, 2.75) is 4.90 Å². The Morgan fingerprint density at radius 3 is 2.46 bits per heavy atom. The number of fused-ring (bicyclic) bond motifs is 1. The van der Waals surface area contributed by atoms with Gasteiger partial charge in [-0.15, -0.1) is 0 Å². The predicted octanol–water partition coefficient (Wildman–Crippen LogP) is 3.69. The maximum atomic E-state index is 12.6. The lowest BCUT2D eigenvalue weighted by Gasteiger charge is -2.09. The van der Waals surface area contributed by atoms with Crippen LogP contribution in [0.25, 0.3) is 16.8 Å². The molecule has 0 fully saturated rings. The van der Waals surface area contributed by atoms with E-state index in [0.29, 0.717) is 5.56 Å². The molecule has 7 heteroatoms. The summed E-state index contributed by atoms with van der Waals surface area (Å²) in [6, 6.07) is 19.9. The van der Waals surface area contributed by atoms with E-state index in [1.807, 2.05) is 24.3 Å². The van der Waals surface area contributed by atoms with Crippen LogP contribution in [0.4, 0.5) is 0 Å². The Balaban J connectivity index is 1.91. The molecule has 0 spiro atoms. The molecule has 0 heterocycles. The van der Waals surface area contributed by atoms with E-state index in [0.717, 1.165) is 10.8 Å². The molecule has 0 atom stereocenters. The molecule has 140 valence electrons. The van der Waals surface area contributed by atoms with Crippen molar-refractivity contribution in [3.05, 3.63) is 77.9 Å². The Labute approximate surface area is 162 Å². The topological polar surface area (TPSA) is 93.5 Å². The monoisotopic (exact) mass is 393 g/mol. The molecule has 0 aliphatic carbocycles. The van der Waals surface area contributed by atoms with Crippen LogP contribution < -0.4 is 4.18 Å². The van der Waals surface area contributed by atoms with E-state index in [2.05, 4.69) is 4.74 Å². The van der Waals surface area contributed by atoms with E-state index in [-0.39, 0.29) is 16.2 Å². The Bertz CT molecular complexity index is 1220. The number of benzene rings is 3. The molecule has 3 aromatic carbocycles. The second-order valence-electron chi connectivity index (χ2n) is 5.78. The number of ether oxygens (including phenoxy) is 1. The van der Waals surface area contributed by atoms with E-state index in [1.165, 1.54) is 31.4 Å². The fourth-order valence-corrected chi connectivity index (χ4v) is 3.53. The average molecular weight is 393 g/mol. The van der Waals surface area contributed by atoms with Crippen LogP contribution in [0.3, 0.4) is 0 Å². The summed E-state index contributed by atoms with van der Waals surface area (Å²) in [5.74, 6) is -0.721. The van der Waals surface area contributed by atoms with Crippen molar-refractivity contribution < 1.29 is 22.1 Å². The third-order valence-corrected chi connectivity index (χ3v) is 5.15. The number of methoxy groups -OCH3 is 1. The zero-order chi connectivity index (χ0) is 20.1. The summed E-state index contributed by atoms with van der Waals surface area (Å²) in [6.07, 6.45) is 1.29. The molecule has 0 aromatic heterocycles. The summed E-state index contributed by atoms with van der Waals surface area (Å²) in [5, 5.41) is 10.7. The van der Waals surface area contributed by atoms with Gasteiger partial charge >= 0.3 is 16.1 Å². The third-order valence-electron chi connectivity index (χ3n) is 3.91. The third kappa shape index (κ3) is 4.19. The number of rotatable bonds is 5. The molecule has 3 rings (SSSR count). The molecule has 0 N–H and O–H groups in total. The predicted molar refractivity (Wildman–Crippen MR) is 104 cm³/mol. The first-order valence-corrected chi connectivity index (χ1v) is 9.57. The van der Waals surface area contributed by atoms with Gasteiger partial charge in [0.15, 0.2) is 0 Å². The molecule has 0 radical (unpaired) electrons. The largest absolute Gasteiger partial charge is 0.465 e. The normalized spacial score (nSPS) is 11.6. The highest BCUT2D eigenvalue weighted by Gasteiger charge is 2.17. The van der Waals surface area contributed by atoms with Gasteiger partial charge in [-0.05, 0) is 46.7 Å². The molecule has 0 bridgehead atoms. The molecule has 28 heavy (non-hydrogen) atoms. The van der Waals surface area contributed by atoms with Gasteiger partial charge in [0, 0.05) is 0 Å². The lowest BCUT2D eigenvalue weighted by molar-refractivity contribution is -0.135. The molecule has 6 nitrogen and oxygen atoms in total. The number of nitrogens with zero attached hydrogens (tertiary/aromatic N) is 1. The maximum Gasteiger partial charge on any atom is 0.348 e. The van der Waals surface area contributed by atoms with E-state index < -0.39 is 16.1 Å². The molecule has 0 aliphatic heterocycles. The van der Waals surface area contributed by atoms with Crippen LogP contribution >= 0.6 is 0 Å². The Morgan fingerprint density at radius 1 is 1.00 bits per heavy atom. The number of hydrogen-bond acceptors (Lipinski definition) is 6. The van der Waals surface area contributed by atoms with Crippen molar-refractivity contribution in [2.24, 2.45) is 0 Å². The van der Waals surface area contributed by atoms with Crippen molar-refractivity contribution in [3.63, 3.8) is 0 Å². The number of hydrogen-bond donors (Lipinski definition) is 0. The molecule has 0 saturated carbocycles. The zero-order valence-corrected chi connectivity index (χ0v) is 15.6. The summed E-state index contributed by atoms with van der Waals surface area (Å²) < 4.78 is 35.0. The Kier molecular flexibility index (Phi) is 5.43. The number of esters is 1. The summed E-state index contributed by atoms with van der Waals surface area (Å²) >= 11 is 0. The molecule has 0 aliphatic rings. The molecular formula is C21H15NO5S. The average Bonchev–Trinajstić information content (AvgIpc) is 2.71. The molecule has 0 amide bonds. The van der Waals surface area contributed by atoms with Crippen LogP contribution in [0.15, 0.2) is 77.2 Å². The fourth-order valence-electron chi connectivity index (χ4n) is 2.57. The van der Waals surface area contributed by atoms with Gasteiger partial charge in [-0.1, -0.05) is 42.5 Å². The summed E-state index contributed by atoms with van der Waals surface area (Å²) in [7, 11) is -2.88. The number of nitriles is 1. The highest BCUT2D eigenvalue weighted by Crippen LogP contribution is 2.24. The Morgan fingerprint density at radius 2 is 1.75 bits per heavy atom. The van der Waals surface area contributed by atoms with Crippen LogP contribution in [0.5, 0.6) is 5.75 Å². The fraction of sp³-hybridized carbons (Fsp3) is 0.0476. The van der Waals surface area contributed by atoms with Crippen molar-refractivity contribution in [1.82, 2.24) is 0 Å². The smallest absolute Gasteiger partial charge is 0.348 e. The number of carbonyl (C=O) groups excluding carboxylic acids is 1. The summed E-state index contributed by atoms with van der Waals surface area (Å²) in [6.45, 7) is 0. The van der Waals surface area contributed by atoms with E-state index >= 15 is 0 Å². The van der Waals surface area contributed by atoms with Gasteiger partial charge in [0.1, 0.15) is 22.3 Å². The minimum Gasteiger partial charge on any atom is -0.465 e. The van der Waals surface area contributed by atoms with Crippen LogP contribution in [0.1, 0.15) is 5.56 Å². The van der Waals surface area contributed by atoms with E-state index in [1.54, 1.807) is 30.3 Å². The van der Waals surface area contributed by atoms with Gasteiger partial charge < -0.3 is 8.92 Å². The molecule has 0 unspecified atom stereocenters. The highest BCUT2D eigenvalue weighted by molar-refractivity contribution is 7.87. The van der Waals surface area contributed by atoms with Crippen molar-refractivity contribution >= 4 is 32.9 Å². The standard InChI is InChI=1S/C21H15NO5S/c1-26-21(23)18(14-22)11-15-5-4-8-19(12-15)27-28(24,25)20-10-9-16-6-2-3-7-17(16)13-20/h2-13H,1H3/b18-11+. The Hall–Kier alpha value is -3.63. The lowest BCUT2D eigenvalue weighted by atomic mass is 10.1. The van der Waals surface area contributed by atoms with Crippen LogP contribution in [-0.2, 0) is 19.6 Å². The minimum absolute atomic E-state index is 0.0272. The van der Waals surface area contributed by atoms with E-state index in [9.17, 15) is 13.2 Å². The minimum atomic E-state index is -4.05. The second-order valence-corrected chi connectivity index (χ2v) is 7.33. The van der Waals surface area contributed by atoms with Gasteiger partial charge in [-0.2, -0.15) is 13.7 Å². The quantitative estimate of drug-likeness (QED) is 0.284. The van der Waals surface area contributed by atoms with Gasteiger partial charge in [-0.25, -0.2) is 4.79 Å². The second kappa shape index (κ2) is 7.94. The highest BCUT2D eigenvalue weighted by atomic mass is 32.2. The first-order valence-electron chi connectivity index (χ1n) is 8.16. The summed E-state index contributed by atoms with van der Waals surface area (Å²) in [4.78, 5) is 11.5. The first-order chi connectivity index (χ1) is 13.4. The van der Waals surface area contributed by atoms with Gasteiger partial charge in [0.05, 0.1) is 7.11 Å².